The van der Waals surface area contributed by atoms with E-state index in [1.165, 1.54) is 23.1 Å². The summed E-state index contributed by atoms with van der Waals surface area (Å²) in [5.41, 5.74) is 7.14. The van der Waals surface area contributed by atoms with Gasteiger partial charge >= 0.3 is 0 Å². The molecule has 0 saturated carbocycles. The van der Waals surface area contributed by atoms with Crippen molar-refractivity contribution in [3.8, 4) is 11.5 Å². The molecule has 4 N–H and O–H groups in total. The van der Waals surface area contributed by atoms with E-state index in [1.54, 1.807) is 31.3 Å². The van der Waals surface area contributed by atoms with E-state index in [0.717, 1.165) is 0 Å². The highest BCUT2D eigenvalue weighted by atomic mass is 16.3. The predicted molar refractivity (Wildman–Crippen MR) is 73.4 cm³/mol. The van der Waals surface area contributed by atoms with E-state index in [1.807, 2.05) is 0 Å². The zero-order chi connectivity index (χ0) is 14.0. The first kappa shape index (κ1) is 12.8. The number of nitrogens with zero attached hydrogens (tertiary/aromatic N) is 1. The van der Waals surface area contributed by atoms with Crippen molar-refractivity contribution in [1.82, 2.24) is 0 Å². The van der Waals surface area contributed by atoms with Gasteiger partial charge in [-0.25, -0.2) is 0 Å². The molecule has 0 aliphatic rings. The number of aromatic hydroxyl groups is 2. The van der Waals surface area contributed by atoms with Crippen molar-refractivity contribution in [2.24, 2.45) is 0 Å². The second-order valence-electron chi connectivity index (χ2n) is 4.13. The SMILES string of the molecule is CN(C(=O)c1ccc(O)c(O)c1)c1ccccc1N. The van der Waals surface area contributed by atoms with Gasteiger partial charge in [0.1, 0.15) is 0 Å². The minimum atomic E-state index is -0.333. The van der Waals surface area contributed by atoms with Crippen molar-refractivity contribution in [3.05, 3.63) is 48.0 Å². The van der Waals surface area contributed by atoms with E-state index < -0.39 is 0 Å². The van der Waals surface area contributed by atoms with E-state index >= 15 is 0 Å². The lowest BCUT2D eigenvalue weighted by molar-refractivity contribution is 0.0992. The third-order valence-corrected chi connectivity index (χ3v) is 2.83. The molecule has 19 heavy (non-hydrogen) atoms. The normalized spacial score (nSPS) is 10.2. The first-order valence-corrected chi connectivity index (χ1v) is 5.65. The van der Waals surface area contributed by atoms with Gasteiger partial charge in [0.2, 0.25) is 0 Å². The van der Waals surface area contributed by atoms with Gasteiger partial charge in [0.15, 0.2) is 11.5 Å². The smallest absolute Gasteiger partial charge is 0.258 e. The Bertz CT molecular complexity index is 626. The van der Waals surface area contributed by atoms with Crippen molar-refractivity contribution < 1.29 is 15.0 Å². The molecule has 2 rings (SSSR count). The van der Waals surface area contributed by atoms with Crippen molar-refractivity contribution in [2.45, 2.75) is 0 Å². The Morgan fingerprint density at radius 3 is 2.42 bits per heavy atom. The van der Waals surface area contributed by atoms with Gasteiger partial charge in [-0.15, -0.1) is 0 Å². The minimum absolute atomic E-state index is 0.265. The van der Waals surface area contributed by atoms with Crippen LogP contribution in [0.1, 0.15) is 10.4 Å². The van der Waals surface area contributed by atoms with Gasteiger partial charge in [-0.3, -0.25) is 4.79 Å². The number of amides is 1. The number of benzene rings is 2. The highest BCUT2D eigenvalue weighted by Gasteiger charge is 2.16. The molecular weight excluding hydrogens is 244 g/mol. The maximum absolute atomic E-state index is 12.2. The van der Waals surface area contributed by atoms with Gasteiger partial charge in [-0.2, -0.15) is 0 Å². The molecule has 0 unspecified atom stereocenters. The number of carbonyl (C=O) groups excluding carboxylic acids is 1. The van der Waals surface area contributed by atoms with Gasteiger partial charge in [0, 0.05) is 12.6 Å². The molecule has 0 spiro atoms. The number of para-hydroxylation sites is 2. The Labute approximate surface area is 110 Å². The van der Waals surface area contributed by atoms with Crippen LogP contribution in [0, 0.1) is 0 Å². The molecule has 2 aromatic carbocycles. The van der Waals surface area contributed by atoms with Crippen LogP contribution in [0.3, 0.4) is 0 Å². The number of hydrogen-bond donors (Lipinski definition) is 3. The molecule has 5 heteroatoms. The van der Waals surface area contributed by atoms with Crippen LogP contribution < -0.4 is 10.6 Å². The molecule has 5 nitrogen and oxygen atoms in total. The number of carbonyl (C=O) groups is 1. The average molecular weight is 258 g/mol. The molecule has 98 valence electrons. The Balaban J connectivity index is 2.34. The van der Waals surface area contributed by atoms with Crippen molar-refractivity contribution in [3.63, 3.8) is 0 Å². The Kier molecular flexibility index (Phi) is 3.29. The summed E-state index contributed by atoms with van der Waals surface area (Å²) >= 11 is 0. The van der Waals surface area contributed by atoms with E-state index in [-0.39, 0.29) is 23.0 Å². The number of phenols is 2. The summed E-state index contributed by atoms with van der Waals surface area (Å²) in [6.45, 7) is 0. The summed E-state index contributed by atoms with van der Waals surface area (Å²) in [6, 6.07) is 10.9. The standard InChI is InChI=1S/C14H14N2O3/c1-16(11-5-3-2-4-10(11)15)14(19)9-6-7-12(17)13(18)8-9/h2-8,17-18H,15H2,1H3. The summed E-state index contributed by atoms with van der Waals surface area (Å²) < 4.78 is 0. The molecule has 0 saturated heterocycles. The van der Waals surface area contributed by atoms with Crippen LogP contribution in [0.15, 0.2) is 42.5 Å². The fourth-order valence-corrected chi connectivity index (χ4v) is 1.75. The molecule has 2 aromatic rings. The maximum atomic E-state index is 12.2. The monoisotopic (exact) mass is 258 g/mol. The van der Waals surface area contributed by atoms with Gasteiger partial charge in [-0.05, 0) is 30.3 Å². The van der Waals surface area contributed by atoms with E-state index in [4.69, 9.17) is 5.73 Å². The fraction of sp³-hybridized carbons (Fsp3) is 0.0714. The number of phenolic OH excluding ortho intramolecular Hbond substituents is 2. The number of nitrogens with two attached hydrogens (primary N) is 1. The molecule has 0 atom stereocenters. The van der Waals surface area contributed by atoms with Crippen molar-refractivity contribution >= 4 is 17.3 Å². The van der Waals surface area contributed by atoms with Crippen LogP contribution in [0.5, 0.6) is 11.5 Å². The van der Waals surface area contributed by atoms with Crippen LogP contribution >= 0.6 is 0 Å². The summed E-state index contributed by atoms with van der Waals surface area (Å²) in [5.74, 6) is -0.924. The second-order valence-corrected chi connectivity index (χ2v) is 4.13. The van der Waals surface area contributed by atoms with Crippen LogP contribution in [0.2, 0.25) is 0 Å². The lowest BCUT2D eigenvalue weighted by Gasteiger charge is -2.19. The first-order valence-electron chi connectivity index (χ1n) is 5.65. The zero-order valence-electron chi connectivity index (χ0n) is 10.4. The summed E-state index contributed by atoms with van der Waals surface area (Å²) in [6.07, 6.45) is 0. The van der Waals surface area contributed by atoms with E-state index in [2.05, 4.69) is 0 Å². The molecule has 0 aliphatic carbocycles. The lowest BCUT2D eigenvalue weighted by atomic mass is 10.1. The van der Waals surface area contributed by atoms with Crippen LogP contribution in [-0.2, 0) is 0 Å². The maximum Gasteiger partial charge on any atom is 0.258 e. The molecule has 0 radical (unpaired) electrons. The molecule has 0 aromatic heterocycles. The van der Waals surface area contributed by atoms with Gasteiger partial charge in [0.25, 0.3) is 5.91 Å². The molecule has 0 bridgehead atoms. The van der Waals surface area contributed by atoms with Gasteiger partial charge in [0.05, 0.1) is 11.4 Å². The fourth-order valence-electron chi connectivity index (χ4n) is 1.75. The third kappa shape index (κ3) is 2.44. The Morgan fingerprint density at radius 1 is 1.11 bits per heavy atom. The minimum Gasteiger partial charge on any atom is -0.504 e. The third-order valence-electron chi connectivity index (χ3n) is 2.83. The van der Waals surface area contributed by atoms with E-state index in [9.17, 15) is 15.0 Å². The molecule has 0 heterocycles. The lowest BCUT2D eigenvalue weighted by Crippen LogP contribution is -2.26. The molecule has 0 fully saturated rings. The Hall–Kier alpha value is -2.69. The highest BCUT2D eigenvalue weighted by Crippen LogP contribution is 2.27. The van der Waals surface area contributed by atoms with Crippen molar-refractivity contribution in [1.29, 1.82) is 0 Å². The highest BCUT2D eigenvalue weighted by molar-refractivity contribution is 6.07. The largest absolute Gasteiger partial charge is 0.504 e. The second kappa shape index (κ2) is 4.89. The van der Waals surface area contributed by atoms with E-state index in [0.29, 0.717) is 11.4 Å². The predicted octanol–water partition coefficient (Wildman–Crippen LogP) is 1.96. The van der Waals surface area contributed by atoms with Gasteiger partial charge in [-0.1, -0.05) is 12.1 Å². The number of rotatable bonds is 2. The summed E-state index contributed by atoms with van der Waals surface area (Å²) in [7, 11) is 1.60. The first-order chi connectivity index (χ1) is 9.00. The topological polar surface area (TPSA) is 86.8 Å². The molecular formula is C14H14N2O3. The van der Waals surface area contributed by atoms with Gasteiger partial charge < -0.3 is 20.8 Å². The average Bonchev–Trinajstić information content (AvgIpc) is 2.41. The molecule has 1 amide bonds. The quantitative estimate of drug-likeness (QED) is 0.567. The zero-order valence-corrected chi connectivity index (χ0v) is 10.4. The Morgan fingerprint density at radius 2 is 1.79 bits per heavy atom. The number of nitrogen functional groups attached to an aromatic ring is 1. The summed E-state index contributed by atoms with van der Waals surface area (Å²) in [4.78, 5) is 13.6. The van der Waals surface area contributed by atoms with Crippen molar-refractivity contribution in [2.75, 3.05) is 17.7 Å². The summed E-state index contributed by atoms with van der Waals surface area (Å²) in [5, 5.41) is 18.6. The van der Waals surface area contributed by atoms with Crippen LogP contribution in [-0.4, -0.2) is 23.2 Å². The van der Waals surface area contributed by atoms with Crippen LogP contribution in [0.4, 0.5) is 11.4 Å². The van der Waals surface area contributed by atoms with Crippen LogP contribution in [0.25, 0.3) is 0 Å². The number of anilines is 2. The number of hydrogen-bond acceptors (Lipinski definition) is 4. The molecule has 0 aliphatic heterocycles.